The summed E-state index contributed by atoms with van der Waals surface area (Å²) in [6.07, 6.45) is 0.955. The molecule has 0 saturated carbocycles. The average molecular weight is 424 g/mol. The molecule has 0 bridgehead atoms. The minimum Gasteiger partial charge on any atom is -0.493 e. The first kappa shape index (κ1) is 20.4. The Morgan fingerprint density at radius 1 is 1.17 bits per heavy atom. The number of hydrogen-bond donors (Lipinski definition) is 1. The number of rotatable bonds is 6. The molecule has 156 valence electrons. The van der Waals surface area contributed by atoms with Crippen LogP contribution in [0.2, 0.25) is 0 Å². The van der Waals surface area contributed by atoms with E-state index in [2.05, 4.69) is 27.3 Å². The molecule has 6 nitrogen and oxygen atoms in total. The monoisotopic (exact) mass is 423 g/mol. The number of thiazole rings is 1. The molecule has 4 rings (SSSR count). The summed E-state index contributed by atoms with van der Waals surface area (Å²) in [5, 5.41) is 5.54. The molecule has 0 fully saturated rings. The van der Waals surface area contributed by atoms with E-state index in [4.69, 9.17) is 9.47 Å². The Bertz CT molecular complexity index is 1060. The van der Waals surface area contributed by atoms with Crippen LogP contribution in [0.1, 0.15) is 32.7 Å². The molecule has 0 atom stereocenters. The summed E-state index contributed by atoms with van der Waals surface area (Å²) in [5.74, 6) is 1.40. The molecule has 0 spiro atoms. The highest BCUT2D eigenvalue weighted by Crippen LogP contribution is 2.33. The fourth-order valence-corrected chi connectivity index (χ4v) is 4.39. The van der Waals surface area contributed by atoms with Gasteiger partial charge in [-0.15, -0.1) is 11.3 Å². The van der Waals surface area contributed by atoms with Gasteiger partial charge in [0.15, 0.2) is 16.6 Å². The van der Waals surface area contributed by atoms with E-state index in [1.165, 1.54) is 22.5 Å². The number of aromatic nitrogens is 1. The normalized spacial score (nSPS) is 13.6. The van der Waals surface area contributed by atoms with E-state index in [0.29, 0.717) is 10.7 Å². The Balaban J connectivity index is 1.40. The first-order valence-corrected chi connectivity index (χ1v) is 10.7. The topological polar surface area (TPSA) is 63.7 Å². The van der Waals surface area contributed by atoms with E-state index in [0.717, 1.165) is 48.8 Å². The van der Waals surface area contributed by atoms with Crippen molar-refractivity contribution in [3.63, 3.8) is 0 Å². The third kappa shape index (κ3) is 4.47. The number of benzene rings is 2. The van der Waals surface area contributed by atoms with Crippen LogP contribution in [-0.4, -0.2) is 36.6 Å². The van der Waals surface area contributed by atoms with Crippen LogP contribution in [0.15, 0.2) is 41.8 Å². The van der Waals surface area contributed by atoms with Gasteiger partial charge in [-0.1, -0.05) is 17.7 Å². The van der Waals surface area contributed by atoms with Crippen LogP contribution in [0.5, 0.6) is 11.5 Å². The number of amides is 1. The van der Waals surface area contributed by atoms with Gasteiger partial charge in [-0.2, -0.15) is 0 Å². The van der Waals surface area contributed by atoms with Crippen LogP contribution in [0.3, 0.4) is 0 Å². The molecule has 0 aliphatic carbocycles. The van der Waals surface area contributed by atoms with Crippen molar-refractivity contribution in [1.82, 2.24) is 9.88 Å². The number of hydrogen-bond acceptors (Lipinski definition) is 6. The van der Waals surface area contributed by atoms with Crippen LogP contribution >= 0.6 is 11.3 Å². The van der Waals surface area contributed by atoms with Crippen LogP contribution in [-0.2, 0) is 19.5 Å². The molecule has 1 amide bonds. The Kier molecular flexibility index (Phi) is 6.01. The number of fused-ring (bicyclic) bond motifs is 1. The van der Waals surface area contributed by atoms with Gasteiger partial charge in [0.25, 0.3) is 5.91 Å². The van der Waals surface area contributed by atoms with Gasteiger partial charge in [-0.25, -0.2) is 4.98 Å². The molecule has 2 aromatic carbocycles. The molecule has 2 heterocycles. The van der Waals surface area contributed by atoms with Gasteiger partial charge in [-0.3, -0.25) is 15.0 Å². The average Bonchev–Trinajstić information content (AvgIpc) is 3.19. The van der Waals surface area contributed by atoms with Crippen LogP contribution in [0.4, 0.5) is 5.13 Å². The maximum Gasteiger partial charge on any atom is 0.257 e. The number of methoxy groups -OCH3 is 2. The highest BCUT2D eigenvalue weighted by atomic mass is 32.1. The molecule has 0 radical (unpaired) electrons. The van der Waals surface area contributed by atoms with E-state index in [9.17, 15) is 4.79 Å². The molecule has 0 unspecified atom stereocenters. The highest BCUT2D eigenvalue weighted by Gasteiger charge is 2.20. The number of nitrogens with one attached hydrogen (secondary N) is 1. The summed E-state index contributed by atoms with van der Waals surface area (Å²) in [7, 11) is 3.32. The van der Waals surface area contributed by atoms with Gasteiger partial charge >= 0.3 is 0 Å². The number of ether oxygens (including phenoxy) is 2. The zero-order valence-electron chi connectivity index (χ0n) is 17.4. The predicted molar refractivity (Wildman–Crippen MR) is 119 cm³/mol. The van der Waals surface area contributed by atoms with Gasteiger partial charge in [0, 0.05) is 30.6 Å². The third-order valence-electron chi connectivity index (χ3n) is 5.24. The van der Waals surface area contributed by atoms with Crippen LogP contribution in [0, 0.1) is 6.92 Å². The minimum atomic E-state index is -0.132. The van der Waals surface area contributed by atoms with Crippen LogP contribution in [0.25, 0.3) is 0 Å². The molecule has 1 aliphatic rings. The van der Waals surface area contributed by atoms with Crippen molar-refractivity contribution in [2.75, 3.05) is 26.1 Å². The van der Waals surface area contributed by atoms with Crippen molar-refractivity contribution in [2.45, 2.75) is 26.4 Å². The van der Waals surface area contributed by atoms with Crippen molar-refractivity contribution in [3.8, 4) is 11.5 Å². The number of nitrogens with zero attached hydrogens (tertiary/aromatic N) is 2. The van der Waals surface area contributed by atoms with Crippen molar-refractivity contribution < 1.29 is 14.3 Å². The minimum absolute atomic E-state index is 0.132. The lowest BCUT2D eigenvalue weighted by Crippen LogP contribution is -2.30. The number of carbonyl (C=O) groups is 1. The molecule has 30 heavy (non-hydrogen) atoms. The lowest BCUT2D eigenvalue weighted by Gasteiger charge is -2.29. The molecule has 3 aromatic rings. The first-order chi connectivity index (χ1) is 14.6. The highest BCUT2D eigenvalue weighted by molar-refractivity contribution is 7.14. The summed E-state index contributed by atoms with van der Waals surface area (Å²) in [6.45, 7) is 4.49. The largest absolute Gasteiger partial charge is 0.493 e. The maximum absolute atomic E-state index is 12.4. The predicted octanol–water partition coefficient (Wildman–Crippen LogP) is 4.28. The van der Waals surface area contributed by atoms with E-state index >= 15 is 0 Å². The summed E-state index contributed by atoms with van der Waals surface area (Å²) in [4.78, 5) is 19.4. The Morgan fingerprint density at radius 3 is 2.67 bits per heavy atom. The number of aryl methyl sites for hydroxylation is 1. The van der Waals surface area contributed by atoms with Crippen molar-refractivity contribution >= 4 is 22.4 Å². The second-order valence-electron chi connectivity index (χ2n) is 7.40. The summed E-state index contributed by atoms with van der Waals surface area (Å²) in [5.41, 5.74) is 5.21. The van der Waals surface area contributed by atoms with Gasteiger partial charge < -0.3 is 9.47 Å². The van der Waals surface area contributed by atoms with Crippen LogP contribution < -0.4 is 14.8 Å². The quantitative estimate of drug-likeness (QED) is 0.641. The fourth-order valence-electron chi connectivity index (χ4n) is 3.70. The number of carbonyl (C=O) groups excluding carboxylic acids is 1. The second-order valence-corrected chi connectivity index (χ2v) is 8.26. The third-order valence-corrected chi connectivity index (χ3v) is 6.04. The Hall–Kier alpha value is -2.90. The molecular formula is C23H25N3O3S. The van der Waals surface area contributed by atoms with Gasteiger partial charge in [0.05, 0.1) is 19.9 Å². The Morgan fingerprint density at radius 2 is 1.93 bits per heavy atom. The smallest absolute Gasteiger partial charge is 0.257 e. The standard InChI is InChI=1S/C23H25N3O3S/c1-15-5-4-6-17(9-15)22(27)25-23-24-19(14-30-23)13-26-8-7-16-10-20(28-2)21(29-3)11-18(16)12-26/h4-6,9-11,14H,7-8,12-13H2,1-3H3,(H,24,25,27). The Labute approximate surface area is 180 Å². The summed E-state index contributed by atoms with van der Waals surface area (Å²) < 4.78 is 10.9. The second kappa shape index (κ2) is 8.85. The molecule has 1 N–H and O–H groups in total. The molecule has 0 saturated heterocycles. The van der Waals surface area contributed by atoms with Crippen molar-refractivity contribution in [2.24, 2.45) is 0 Å². The molecule has 1 aromatic heterocycles. The van der Waals surface area contributed by atoms with Gasteiger partial charge in [-0.05, 0) is 48.7 Å². The lowest BCUT2D eigenvalue weighted by atomic mass is 9.98. The van der Waals surface area contributed by atoms with E-state index < -0.39 is 0 Å². The fraction of sp³-hybridized carbons (Fsp3) is 0.304. The zero-order valence-corrected chi connectivity index (χ0v) is 18.2. The van der Waals surface area contributed by atoms with E-state index in [1.807, 2.05) is 36.6 Å². The van der Waals surface area contributed by atoms with Crippen molar-refractivity contribution in [3.05, 3.63) is 69.7 Å². The molecule has 7 heteroatoms. The van der Waals surface area contributed by atoms with Crippen molar-refractivity contribution in [1.29, 1.82) is 0 Å². The molecule has 1 aliphatic heterocycles. The maximum atomic E-state index is 12.4. The lowest BCUT2D eigenvalue weighted by molar-refractivity contribution is 0.102. The number of anilines is 1. The summed E-state index contributed by atoms with van der Waals surface area (Å²) >= 11 is 1.46. The summed E-state index contributed by atoms with van der Waals surface area (Å²) in [6, 6.07) is 11.7. The van der Waals surface area contributed by atoms with E-state index in [1.54, 1.807) is 14.2 Å². The first-order valence-electron chi connectivity index (χ1n) is 9.84. The van der Waals surface area contributed by atoms with Gasteiger partial charge in [0.1, 0.15) is 0 Å². The SMILES string of the molecule is COc1cc2c(cc1OC)CN(Cc1csc(NC(=O)c3cccc(C)c3)n1)CC2. The zero-order chi connectivity index (χ0) is 21.1. The van der Waals surface area contributed by atoms with Gasteiger partial charge in [0.2, 0.25) is 0 Å². The molecular weight excluding hydrogens is 398 g/mol. The van der Waals surface area contributed by atoms with E-state index in [-0.39, 0.29) is 5.91 Å².